The summed E-state index contributed by atoms with van der Waals surface area (Å²) in [4.78, 5) is 11.6. The number of aromatic hydroxyl groups is 6. The Labute approximate surface area is 294 Å². The first-order valence-electron chi connectivity index (χ1n) is 16.0. The zero-order valence-electron chi connectivity index (χ0n) is 27.0. The SMILES string of the molecule is O=C(O)C1OC(Oc2cc(C3Oc4c(c(O)cc(O)c4C(c4ccc(O)cc4O)C(O)Cc4cccc(O)c4)CC3O)ccc2O)C(O)C(O)C1O. The maximum atomic E-state index is 11.7. The van der Waals surface area contributed by atoms with Gasteiger partial charge in [0.25, 0.3) is 0 Å². The number of hydrogen-bond acceptors (Lipinski definition) is 15. The number of benzene rings is 4. The molecule has 2 aliphatic heterocycles. The van der Waals surface area contributed by atoms with Crippen molar-refractivity contribution in [1.82, 2.24) is 0 Å². The molecule has 0 saturated carbocycles. The van der Waals surface area contributed by atoms with Crippen molar-refractivity contribution >= 4 is 5.97 Å². The van der Waals surface area contributed by atoms with Gasteiger partial charge in [-0.05, 0) is 47.9 Å². The number of hydrogen-bond donors (Lipinski definition) is 12. The van der Waals surface area contributed by atoms with E-state index in [-0.39, 0.29) is 52.3 Å². The van der Waals surface area contributed by atoms with Gasteiger partial charge in [-0.2, -0.15) is 0 Å². The number of aliphatic hydroxyl groups excluding tert-OH is 5. The lowest BCUT2D eigenvalue weighted by molar-refractivity contribution is -0.271. The van der Waals surface area contributed by atoms with Gasteiger partial charge in [-0.1, -0.05) is 24.3 Å². The lowest BCUT2D eigenvalue weighted by Crippen LogP contribution is -2.61. The van der Waals surface area contributed by atoms with Crippen molar-refractivity contribution in [2.75, 3.05) is 0 Å². The summed E-state index contributed by atoms with van der Waals surface area (Å²) < 4.78 is 17.0. The molecule has 0 spiro atoms. The van der Waals surface area contributed by atoms with Crippen molar-refractivity contribution in [2.45, 2.75) is 67.8 Å². The molecule has 12 N–H and O–H groups in total. The first-order valence-corrected chi connectivity index (χ1v) is 16.0. The molecule has 4 aromatic carbocycles. The highest BCUT2D eigenvalue weighted by atomic mass is 16.7. The predicted octanol–water partition coefficient (Wildman–Crippen LogP) is 0.964. The van der Waals surface area contributed by atoms with Crippen LogP contribution in [0, 0.1) is 0 Å². The molecule has 4 aromatic rings. The van der Waals surface area contributed by atoms with Crippen LogP contribution < -0.4 is 9.47 Å². The molecule has 0 radical (unpaired) electrons. The number of phenolic OH excluding ortho intramolecular Hbond substituents is 6. The van der Waals surface area contributed by atoms with Crippen molar-refractivity contribution in [3.8, 4) is 46.0 Å². The predicted molar refractivity (Wildman–Crippen MR) is 175 cm³/mol. The number of rotatable bonds is 9. The van der Waals surface area contributed by atoms with Gasteiger partial charge in [0.15, 0.2) is 17.6 Å². The third-order valence-corrected chi connectivity index (χ3v) is 9.15. The number of aliphatic carboxylic acids is 1. The molecule has 1 fully saturated rings. The lowest BCUT2D eigenvalue weighted by Gasteiger charge is -2.38. The highest BCUT2D eigenvalue weighted by molar-refractivity contribution is 5.73. The van der Waals surface area contributed by atoms with Crippen LogP contribution in [-0.4, -0.2) is 110 Å². The van der Waals surface area contributed by atoms with Gasteiger partial charge in [0.05, 0.1) is 12.2 Å². The molecule has 6 rings (SSSR count). The molecule has 9 atom stereocenters. The number of carboxylic acids is 1. The highest BCUT2D eigenvalue weighted by Crippen LogP contribution is 2.52. The van der Waals surface area contributed by atoms with Crippen molar-refractivity contribution in [3.63, 3.8) is 0 Å². The quantitative estimate of drug-likeness (QED) is 0.114. The van der Waals surface area contributed by atoms with E-state index in [1.165, 1.54) is 36.4 Å². The largest absolute Gasteiger partial charge is 0.508 e. The van der Waals surface area contributed by atoms with Crippen molar-refractivity contribution in [2.24, 2.45) is 0 Å². The molecular formula is C36H36O16. The molecule has 2 aliphatic rings. The minimum absolute atomic E-state index is 0.0330. The van der Waals surface area contributed by atoms with Crippen LogP contribution in [0.4, 0.5) is 0 Å². The lowest BCUT2D eigenvalue weighted by atomic mass is 9.80. The van der Waals surface area contributed by atoms with Crippen LogP contribution in [0.3, 0.4) is 0 Å². The molecular weight excluding hydrogens is 688 g/mol. The van der Waals surface area contributed by atoms with E-state index in [4.69, 9.17) is 14.2 Å². The molecule has 0 aliphatic carbocycles. The summed E-state index contributed by atoms with van der Waals surface area (Å²) in [6.07, 6.45) is -14.4. The van der Waals surface area contributed by atoms with E-state index in [1.807, 2.05) is 0 Å². The van der Waals surface area contributed by atoms with Crippen LogP contribution in [0.1, 0.15) is 39.8 Å². The average molecular weight is 725 g/mol. The Kier molecular flexibility index (Phi) is 9.96. The van der Waals surface area contributed by atoms with Crippen LogP contribution in [0.15, 0.2) is 66.7 Å². The minimum Gasteiger partial charge on any atom is -0.508 e. The van der Waals surface area contributed by atoms with Gasteiger partial charge >= 0.3 is 5.97 Å². The number of carbonyl (C=O) groups is 1. The molecule has 16 heteroatoms. The van der Waals surface area contributed by atoms with E-state index >= 15 is 0 Å². The summed E-state index contributed by atoms with van der Waals surface area (Å²) in [5.41, 5.74) is 0.561. The molecule has 16 nitrogen and oxygen atoms in total. The first-order chi connectivity index (χ1) is 24.6. The smallest absolute Gasteiger partial charge is 0.335 e. The van der Waals surface area contributed by atoms with Crippen LogP contribution in [0.2, 0.25) is 0 Å². The van der Waals surface area contributed by atoms with E-state index in [1.54, 1.807) is 12.1 Å². The molecule has 9 unspecified atom stereocenters. The molecule has 52 heavy (non-hydrogen) atoms. The second-order valence-electron chi connectivity index (χ2n) is 12.7. The minimum atomic E-state index is -1.99. The zero-order valence-corrected chi connectivity index (χ0v) is 27.0. The van der Waals surface area contributed by atoms with E-state index in [0.29, 0.717) is 5.56 Å². The Morgan fingerprint density at radius 1 is 0.788 bits per heavy atom. The number of fused-ring (bicyclic) bond motifs is 1. The Balaban J connectivity index is 1.40. The Hall–Kier alpha value is -5.49. The van der Waals surface area contributed by atoms with Crippen LogP contribution in [-0.2, 0) is 22.4 Å². The Morgan fingerprint density at radius 3 is 2.21 bits per heavy atom. The second-order valence-corrected chi connectivity index (χ2v) is 12.7. The molecule has 0 aromatic heterocycles. The molecule has 0 bridgehead atoms. The fraction of sp³-hybridized carbons (Fsp3) is 0.306. The summed E-state index contributed by atoms with van der Waals surface area (Å²) in [6, 6.07) is 14.3. The van der Waals surface area contributed by atoms with E-state index < -0.39 is 89.7 Å². The van der Waals surface area contributed by atoms with Crippen LogP contribution in [0.5, 0.6) is 46.0 Å². The average Bonchev–Trinajstić information content (AvgIpc) is 3.08. The van der Waals surface area contributed by atoms with Crippen molar-refractivity contribution in [1.29, 1.82) is 0 Å². The molecule has 276 valence electrons. The Bertz CT molecular complexity index is 1970. The monoisotopic (exact) mass is 724 g/mol. The third kappa shape index (κ3) is 6.90. The van der Waals surface area contributed by atoms with Gasteiger partial charge < -0.3 is 75.5 Å². The topological polar surface area (TPSA) is 288 Å². The zero-order chi connectivity index (χ0) is 37.6. The molecule has 2 heterocycles. The third-order valence-electron chi connectivity index (χ3n) is 9.15. The van der Waals surface area contributed by atoms with E-state index in [2.05, 4.69) is 0 Å². The van der Waals surface area contributed by atoms with Gasteiger partial charge in [-0.15, -0.1) is 0 Å². The second kappa shape index (κ2) is 14.3. The first kappa shape index (κ1) is 36.3. The highest BCUT2D eigenvalue weighted by Gasteiger charge is 2.48. The van der Waals surface area contributed by atoms with Crippen molar-refractivity contribution < 1.29 is 80.3 Å². The summed E-state index contributed by atoms with van der Waals surface area (Å²) in [5, 5.41) is 127. The van der Waals surface area contributed by atoms with Gasteiger partial charge in [0.1, 0.15) is 58.9 Å². The van der Waals surface area contributed by atoms with Crippen molar-refractivity contribution in [3.05, 3.63) is 94.5 Å². The van der Waals surface area contributed by atoms with Gasteiger partial charge in [-0.3, -0.25) is 0 Å². The van der Waals surface area contributed by atoms with E-state index in [0.717, 1.165) is 18.2 Å². The molecule has 1 saturated heterocycles. The fourth-order valence-corrected chi connectivity index (χ4v) is 6.60. The van der Waals surface area contributed by atoms with Gasteiger partial charge in [-0.25, -0.2) is 4.79 Å². The Morgan fingerprint density at radius 2 is 1.52 bits per heavy atom. The summed E-state index contributed by atoms with van der Waals surface area (Å²) >= 11 is 0. The standard InChI is InChI=1S/C36H36O16/c37-16-3-1-2-14(8-16)9-23(42)27(18-6-5-17(38)11-21(18)40)28-24(43)13-22(41)19-12-25(44)32(51-33(19)28)15-4-7-20(39)26(10-15)50-36-31(47)29(45)30(46)34(52-36)35(48)49/h1-8,10-11,13,23,25,27,29-32,34,36-47H,9,12H2,(H,48,49). The number of ether oxygens (including phenoxy) is 3. The number of carboxylic acid groups (broad SMARTS) is 1. The van der Waals surface area contributed by atoms with Crippen LogP contribution >= 0.6 is 0 Å². The van der Waals surface area contributed by atoms with Crippen LogP contribution in [0.25, 0.3) is 0 Å². The maximum absolute atomic E-state index is 11.7. The maximum Gasteiger partial charge on any atom is 0.335 e. The van der Waals surface area contributed by atoms with Gasteiger partial charge in [0, 0.05) is 41.2 Å². The number of aliphatic hydroxyl groups is 5. The van der Waals surface area contributed by atoms with Gasteiger partial charge in [0.2, 0.25) is 6.29 Å². The fourth-order valence-electron chi connectivity index (χ4n) is 6.60. The summed E-state index contributed by atoms with van der Waals surface area (Å²) in [5.74, 6) is -5.93. The molecule has 0 amide bonds. The normalized spacial score (nSPS) is 25.4. The number of phenols is 6. The summed E-state index contributed by atoms with van der Waals surface area (Å²) in [6.45, 7) is 0. The van der Waals surface area contributed by atoms with E-state index in [9.17, 15) is 66.1 Å². The summed E-state index contributed by atoms with van der Waals surface area (Å²) in [7, 11) is 0.